The van der Waals surface area contributed by atoms with E-state index in [1.807, 2.05) is 0 Å². The highest BCUT2D eigenvalue weighted by Gasteiger charge is 2.38. The second-order valence-corrected chi connectivity index (χ2v) is 8.84. The van der Waals surface area contributed by atoms with E-state index in [1.54, 1.807) is 27.9 Å². The molecule has 0 aliphatic carbocycles. The Bertz CT molecular complexity index is 937. The molecule has 26 heavy (non-hydrogen) atoms. The zero-order valence-corrected chi connectivity index (χ0v) is 16.3. The molecule has 0 spiro atoms. The molecule has 0 fully saturated rings. The first-order valence-corrected chi connectivity index (χ1v) is 9.85. The van der Waals surface area contributed by atoms with Crippen molar-refractivity contribution in [1.29, 1.82) is 0 Å². The maximum atomic E-state index is 13.1. The standard InChI is InChI=1S/C15H18ClF3N4O2S/c1-8(2)10-7-12(26(16,24)25)9(3)6-11(10)23-14(22(4)5)20-13(21-23)15(17,18)19/h6-8H,1-5H3. The molecular weight excluding hydrogens is 393 g/mol. The smallest absolute Gasteiger partial charge is 0.347 e. The lowest BCUT2D eigenvalue weighted by Gasteiger charge is -2.19. The zero-order chi connectivity index (χ0) is 20.0. The topological polar surface area (TPSA) is 68.1 Å². The average molecular weight is 411 g/mol. The largest absolute Gasteiger partial charge is 0.453 e. The molecule has 0 radical (unpaired) electrons. The highest BCUT2D eigenvalue weighted by Crippen LogP contribution is 2.34. The van der Waals surface area contributed by atoms with E-state index in [0.29, 0.717) is 16.8 Å². The van der Waals surface area contributed by atoms with Gasteiger partial charge in [0.2, 0.25) is 5.95 Å². The fourth-order valence-electron chi connectivity index (χ4n) is 2.47. The summed E-state index contributed by atoms with van der Waals surface area (Å²) in [7, 11) is 4.55. The van der Waals surface area contributed by atoms with Gasteiger partial charge >= 0.3 is 6.18 Å². The Morgan fingerprint density at radius 3 is 2.23 bits per heavy atom. The maximum absolute atomic E-state index is 13.1. The molecule has 1 aromatic heterocycles. The van der Waals surface area contributed by atoms with Crippen molar-refractivity contribution < 1.29 is 21.6 Å². The van der Waals surface area contributed by atoms with E-state index in [4.69, 9.17) is 10.7 Å². The summed E-state index contributed by atoms with van der Waals surface area (Å²) in [5.74, 6) is -1.50. The first-order chi connectivity index (χ1) is 11.7. The van der Waals surface area contributed by atoms with Crippen LogP contribution >= 0.6 is 10.7 Å². The molecule has 2 rings (SSSR count). The second kappa shape index (κ2) is 6.73. The molecule has 6 nitrogen and oxygen atoms in total. The van der Waals surface area contributed by atoms with Crippen molar-refractivity contribution in [2.24, 2.45) is 0 Å². The van der Waals surface area contributed by atoms with E-state index in [1.165, 1.54) is 24.0 Å². The fourth-order valence-corrected chi connectivity index (χ4v) is 3.68. The van der Waals surface area contributed by atoms with Gasteiger partial charge in [-0.15, -0.1) is 5.10 Å². The number of rotatable bonds is 4. The third-order valence-corrected chi connectivity index (χ3v) is 5.14. The van der Waals surface area contributed by atoms with Gasteiger partial charge < -0.3 is 4.90 Å². The third-order valence-electron chi connectivity index (χ3n) is 3.68. The molecule has 1 aromatic carbocycles. The molecule has 0 unspecified atom stereocenters. The molecule has 0 N–H and O–H groups in total. The predicted octanol–water partition coefficient (Wildman–Crippen LogP) is 3.71. The van der Waals surface area contributed by atoms with Crippen molar-refractivity contribution >= 4 is 25.7 Å². The summed E-state index contributed by atoms with van der Waals surface area (Å²) in [6.45, 7) is 5.09. The van der Waals surface area contributed by atoms with Gasteiger partial charge in [-0.3, -0.25) is 0 Å². The van der Waals surface area contributed by atoms with Crippen molar-refractivity contribution in [3.8, 4) is 5.69 Å². The Morgan fingerprint density at radius 2 is 1.81 bits per heavy atom. The number of halogens is 4. The Morgan fingerprint density at radius 1 is 1.23 bits per heavy atom. The fraction of sp³-hybridized carbons (Fsp3) is 0.467. The van der Waals surface area contributed by atoms with Crippen molar-refractivity contribution in [2.75, 3.05) is 19.0 Å². The van der Waals surface area contributed by atoms with E-state index < -0.39 is 21.1 Å². The minimum Gasteiger partial charge on any atom is -0.347 e. The lowest BCUT2D eigenvalue weighted by Crippen LogP contribution is -2.17. The SMILES string of the molecule is Cc1cc(-n2nc(C(F)(F)F)nc2N(C)C)c(C(C)C)cc1S(=O)(=O)Cl. The predicted molar refractivity (Wildman–Crippen MR) is 92.6 cm³/mol. The molecule has 2 aromatic rings. The van der Waals surface area contributed by atoms with E-state index >= 15 is 0 Å². The molecule has 0 saturated heterocycles. The highest BCUT2D eigenvalue weighted by atomic mass is 35.7. The van der Waals surface area contributed by atoms with Gasteiger partial charge in [0.05, 0.1) is 10.6 Å². The zero-order valence-electron chi connectivity index (χ0n) is 14.8. The van der Waals surface area contributed by atoms with E-state index in [9.17, 15) is 21.6 Å². The molecule has 0 amide bonds. The van der Waals surface area contributed by atoms with Crippen LogP contribution in [0.25, 0.3) is 5.69 Å². The van der Waals surface area contributed by atoms with Crippen LogP contribution in [0.5, 0.6) is 0 Å². The van der Waals surface area contributed by atoms with E-state index in [2.05, 4.69) is 10.1 Å². The minimum atomic E-state index is -4.71. The van der Waals surface area contributed by atoms with Gasteiger partial charge in [0.25, 0.3) is 14.9 Å². The van der Waals surface area contributed by atoms with Crippen LogP contribution < -0.4 is 4.90 Å². The summed E-state index contributed by atoms with van der Waals surface area (Å²) < 4.78 is 63.8. The van der Waals surface area contributed by atoms with Crippen LogP contribution in [0.15, 0.2) is 17.0 Å². The quantitative estimate of drug-likeness (QED) is 0.719. The van der Waals surface area contributed by atoms with Crippen LogP contribution in [0, 0.1) is 6.92 Å². The second-order valence-electron chi connectivity index (χ2n) is 6.31. The number of alkyl halides is 3. The average Bonchev–Trinajstić information content (AvgIpc) is 2.90. The lowest BCUT2D eigenvalue weighted by atomic mass is 9.99. The molecule has 0 aliphatic heterocycles. The number of hydrogen-bond acceptors (Lipinski definition) is 5. The van der Waals surface area contributed by atoms with Crippen LogP contribution in [0.4, 0.5) is 19.1 Å². The van der Waals surface area contributed by atoms with Crippen LogP contribution in [-0.2, 0) is 15.2 Å². The third kappa shape index (κ3) is 3.96. The summed E-state index contributed by atoms with van der Waals surface area (Å²) in [4.78, 5) is 4.88. The summed E-state index contributed by atoms with van der Waals surface area (Å²) >= 11 is 0. The molecule has 144 valence electrons. The molecule has 11 heteroatoms. The van der Waals surface area contributed by atoms with Crippen LogP contribution in [-0.4, -0.2) is 37.3 Å². The normalized spacial score (nSPS) is 12.7. The van der Waals surface area contributed by atoms with Crippen molar-refractivity contribution in [3.63, 3.8) is 0 Å². The first kappa shape index (κ1) is 20.5. The van der Waals surface area contributed by atoms with Crippen molar-refractivity contribution in [1.82, 2.24) is 14.8 Å². The molecule has 0 saturated carbocycles. The number of anilines is 1. The molecule has 0 bridgehead atoms. The summed E-state index contributed by atoms with van der Waals surface area (Å²) in [5.41, 5.74) is 1.10. The summed E-state index contributed by atoms with van der Waals surface area (Å²) in [6.07, 6.45) is -4.71. The Labute approximate surface area is 154 Å². The highest BCUT2D eigenvalue weighted by molar-refractivity contribution is 8.13. The minimum absolute atomic E-state index is 0.0277. The van der Waals surface area contributed by atoms with Crippen molar-refractivity contribution in [3.05, 3.63) is 29.1 Å². The van der Waals surface area contributed by atoms with Crippen molar-refractivity contribution in [2.45, 2.75) is 37.8 Å². The summed E-state index contributed by atoms with van der Waals surface area (Å²) in [5, 5.41) is 3.61. The number of benzene rings is 1. The van der Waals surface area contributed by atoms with Crippen LogP contribution in [0.3, 0.4) is 0 Å². The number of aryl methyl sites for hydroxylation is 1. The lowest BCUT2D eigenvalue weighted by molar-refractivity contribution is -0.144. The van der Waals surface area contributed by atoms with Gasteiger partial charge in [0.15, 0.2) is 0 Å². The number of aromatic nitrogens is 3. The monoisotopic (exact) mass is 410 g/mol. The molecular formula is C15H18ClF3N4O2S. The van der Waals surface area contributed by atoms with Gasteiger partial charge in [0.1, 0.15) is 0 Å². The Kier molecular flexibility index (Phi) is 5.31. The summed E-state index contributed by atoms with van der Waals surface area (Å²) in [6, 6.07) is 2.82. The van der Waals surface area contributed by atoms with Crippen LogP contribution in [0.2, 0.25) is 0 Å². The number of hydrogen-bond donors (Lipinski definition) is 0. The number of nitrogens with zero attached hydrogens (tertiary/aromatic N) is 4. The van der Waals surface area contributed by atoms with Crippen LogP contribution in [0.1, 0.15) is 36.7 Å². The Hall–Kier alpha value is -1.81. The van der Waals surface area contributed by atoms with E-state index in [-0.39, 0.29) is 16.8 Å². The van der Waals surface area contributed by atoms with E-state index in [0.717, 1.165) is 4.68 Å². The molecule has 0 aliphatic rings. The van der Waals surface area contributed by atoms with Gasteiger partial charge in [0, 0.05) is 24.8 Å². The first-order valence-electron chi connectivity index (χ1n) is 7.54. The molecule has 0 atom stereocenters. The van der Waals surface area contributed by atoms with Gasteiger partial charge in [-0.1, -0.05) is 13.8 Å². The van der Waals surface area contributed by atoms with Gasteiger partial charge in [-0.05, 0) is 36.1 Å². The van der Waals surface area contributed by atoms with Gasteiger partial charge in [-0.2, -0.15) is 22.8 Å². The maximum Gasteiger partial charge on any atom is 0.453 e. The van der Waals surface area contributed by atoms with Gasteiger partial charge in [-0.25, -0.2) is 8.42 Å². The molecule has 1 heterocycles. The Balaban J connectivity index is 2.84.